The highest BCUT2D eigenvalue weighted by molar-refractivity contribution is 5.80. The lowest BCUT2D eigenvalue weighted by atomic mass is 9.96. The number of ether oxygens (including phenoxy) is 1. The number of methoxy groups -OCH3 is 1. The van der Waals surface area contributed by atoms with Crippen LogP contribution in [0.25, 0.3) is 22.5 Å². The largest absolute Gasteiger partial charge is 0.467 e. The van der Waals surface area contributed by atoms with Gasteiger partial charge in [0.2, 0.25) is 5.82 Å². The Morgan fingerprint density at radius 3 is 2.49 bits per heavy atom. The molecule has 2 unspecified atom stereocenters. The lowest BCUT2D eigenvalue weighted by molar-refractivity contribution is -0.143. The van der Waals surface area contributed by atoms with Gasteiger partial charge in [0, 0.05) is 23.2 Å². The number of carbonyl (C=O) groups excluding carboxylic acids is 1. The lowest BCUT2D eigenvalue weighted by Crippen LogP contribution is -2.35. The summed E-state index contributed by atoms with van der Waals surface area (Å²) in [7, 11) is 1.38. The van der Waals surface area contributed by atoms with E-state index in [1.807, 2.05) is 60.2 Å². The number of hydrogen-bond acceptors (Lipinski definition) is 6. The molecule has 0 saturated heterocycles. The van der Waals surface area contributed by atoms with Crippen LogP contribution in [-0.2, 0) is 22.4 Å². The molecule has 5 rings (SSSR count). The molecule has 0 aliphatic carbocycles. The van der Waals surface area contributed by atoms with E-state index in [0.717, 1.165) is 52.8 Å². The number of carbonyl (C=O) groups is 1. The summed E-state index contributed by atoms with van der Waals surface area (Å²) >= 11 is 0. The number of hydrogen-bond donors (Lipinski definition) is 1. The Labute approximate surface area is 214 Å². The summed E-state index contributed by atoms with van der Waals surface area (Å²) in [5.41, 5.74) is 5.52. The first-order chi connectivity index (χ1) is 18.0. The first kappa shape index (κ1) is 24.4. The Morgan fingerprint density at radius 1 is 1.05 bits per heavy atom. The van der Waals surface area contributed by atoms with Gasteiger partial charge < -0.3 is 4.74 Å². The van der Waals surface area contributed by atoms with Crippen LogP contribution in [0.1, 0.15) is 55.6 Å². The van der Waals surface area contributed by atoms with Crippen molar-refractivity contribution in [3.05, 3.63) is 87.9 Å². The molecule has 0 fully saturated rings. The third-order valence-electron chi connectivity index (χ3n) is 6.91. The van der Waals surface area contributed by atoms with Crippen molar-refractivity contribution >= 4 is 5.97 Å². The minimum Gasteiger partial charge on any atom is -0.467 e. The Kier molecular flexibility index (Phi) is 6.85. The number of allylic oxidation sites excluding steroid dienone is 1. The number of aromatic amines is 1. The van der Waals surface area contributed by atoms with E-state index in [0.29, 0.717) is 12.2 Å². The van der Waals surface area contributed by atoms with Gasteiger partial charge in [-0.2, -0.15) is 5.21 Å². The quantitative estimate of drug-likeness (QED) is 0.287. The van der Waals surface area contributed by atoms with Crippen LogP contribution in [0.3, 0.4) is 0 Å². The zero-order valence-corrected chi connectivity index (χ0v) is 21.2. The first-order valence-corrected chi connectivity index (χ1v) is 12.6. The van der Waals surface area contributed by atoms with E-state index in [9.17, 15) is 9.59 Å². The molecule has 9 heteroatoms. The Bertz CT molecular complexity index is 1480. The van der Waals surface area contributed by atoms with Crippen LogP contribution >= 0.6 is 0 Å². The topological polar surface area (TPSA) is 108 Å². The molecule has 37 heavy (non-hydrogen) atoms. The first-order valence-electron chi connectivity index (χ1n) is 12.6. The molecule has 0 radical (unpaired) electrons. The molecule has 1 aliphatic heterocycles. The molecular formula is C28H30N6O3. The smallest absolute Gasteiger partial charge is 0.334 e. The second-order valence-electron chi connectivity index (χ2n) is 9.27. The van der Waals surface area contributed by atoms with E-state index in [1.165, 1.54) is 7.11 Å². The predicted molar refractivity (Wildman–Crippen MR) is 140 cm³/mol. The number of H-pyrrole nitrogens is 1. The van der Waals surface area contributed by atoms with E-state index in [1.54, 1.807) is 4.68 Å². The minimum atomic E-state index is -0.640. The van der Waals surface area contributed by atoms with Crippen LogP contribution < -0.4 is 5.56 Å². The van der Waals surface area contributed by atoms with Crippen molar-refractivity contribution in [1.29, 1.82) is 0 Å². The van der Waals surface area contributed by atoms with Crippen molar-refractivity contribution in [2.24, 2.45) is 0 Å². The fraction of sp³-hybridized carbons (Fsp3) is 0.321. The Balaban J connectivity index is 1.52. The molecule has 2 atom stereocenters. The van der Waals surface area contributed by atoms with Gasteiger partial charge in [-0.05, 0) is 41.7 Å². The molecule has 4 aromatic rings. The summed E-state index contributed by atoms with van der Waals surface area (Å²) in [6.45, 7) is 4.09. The van der Waals surface area contributed by atoms with Crippen molar-refractivity contribution in [1.82, 2.24) is 30.0 Å². The zero-order chi connectivity index (χ0) is 25.9. The molecule has 9 nitrogen and oxygen atoms in total. The molecule has 3 heterocycles. The maximum Gasteiger partial charge on any atom is 0.334 e. The van der Waals surface area contributed by atoms with Gasteiger partial charge in [-0.1, -0.05) is 74.0 Å². The summed E-state index contributed by atoms with van der Waals surface area (Å²) in [5, 5.41) is 14.4. The van der Waals surface area contributed by atoms with Gasteiger partial charge in [-0.15, -0.1) is 10.2 Å². The molecule has 2 aromatic heterocycles. The van der Waals surface area contributed by atoms with E-state index in [4.69, 9.17) is 4.74 Å². The van der Waals surface area contributed by atoms with E-state index < -0.39 is 6.04 Å². The van der Waals surface area contributed by atoms with Gasteiger partial charge >= 0.3 is 5.97 Å². The molecule has 2 aromatic carbocycles. The molecule has 190 valence electrons. The van der Waals surface area contributed by atoms with Crippen LogP contribution in [-0.4, -0.2) is 43.1 Å². The third kappa shape index (κ3) is 4.52. The van der Waals surface area contributed by atoms with E-state index in [-0.39, 0.29) is 17.6 Å². The number of tetrazole rings is 1. The summed E-state index contributed by atoms with van der Waals surface area (Å²) < 4.78 is 8.63. The highest BCUT2D eigenvalue weighted by atomic mass is 16.5. The number of benzene rings is 2. The normalized spacial score (nSPS) is 16.5. The van der Waals surface area contributed by atoms with Crippen molar-refractivity contribution in [3.8, 4) is 22.5 Å². The van der Waals surface area contributed by atoms with Crippen molar-refractivity contribution < 1.29 is 9.53 Å². The molecule has 1 N–H and O–H groups in total. The zero-order valence-electron chi connectivity index (χ0n) is 21.2. The molecular weight excluding hydrogens is 468 g/mol. The van der Waals surface area contributed by atoms with Crippen molar-refractivity contribution in [2.45, 2.75) is 51.6 Å². The molecule has 0 bridgehead atoms. The number of nitrogens with one attached hydrogen (secondary N) is 1. The van der Waals surface area contributed by atoms with Gasteiger partial charge in [0.1, 0.15) is 0 Å². The predicted octanol–water partition coefficient (Wildman–Crippen LogP) is 4.28. The average molecular weight is 499 g/mol. The van der Waals surface area contributed by atoms with Gasteiger partial charge in [-0.25, -0.2) is 9.48 Å². The Hall–Kier alpha value is -4.27. The van der Waals surface area contributed by atoms with Crippen LogP contribution in [0.15, 0.2) is 65.5 Å². The second-order valence-corrected chi connectivity index (χ2v) is 9.27. The van der Waals surface area contributed by atoms with Crippen LogP contribution in [0.5, 0.6) is 0 Å². The monoisotopic (exact) mass is 498 g/mol. The van der Waals surface area contributed by atoms with Gasteiger partial charge in [-0.3, -0.25) is 9.48 Å². The second kappa shape index (κ2) is 10.4. The summed E-state index contributed by atoms with van der Waals surface area (Å²) in [6.07, 6.45) is 6.85. The fourth-order valence-electron chi connectivity index (χ4n) is 5.04. The molecule has 1 aliphatic rings. The molecule has 0 amide bonds. The average Bonchev–Trinajstić information content (AvgIpc) is 3.56. The summed E-state index contributed by atoms with van der Waals surface area (Å²) in [5.74, 6) is 0.163. The maximum absolute atomic E-state index is 13.7. The number of aromatic nitrogens is 6. The van der Waals surface area contributed by atoms with Crippen molar-refractivity contribution in [2.75, 3.05) is 7.11 Å². The van der Waals surface area contributed by atoms with E-state index in [2.05, 4.69) is 39.7 Å². The van der Waals surface area contributed by atoms with Gasteiger partial charge in [0.15, 0.2) is 6.04 Å². The number of esters is 1. The number of rotatable bonds is 8. The molecule has 0 saturated carbocycles. The van der Waals surface area contributed by atoms with Crippen LogP contribution in [0.4, 0.5) is 0 Å². The van der Waals surface area contributed by atoms with Crippen molar-refractivity contribution in [3.63, 3.8) is 0 Å². The van der Waals surface area contributed by atoms with Crippen LogP contribution in [0, 0.1) is 0 Å². The highest BCUT2D eigenvalue weighted by Crippen LogP contribution is 2.31. The number of nitrogens with zero attached hydrogens (tertiary/aromatic N) is 5. The number of unbranched alkanes of at least 4 members (excludes halogenated alkanes) is 1. The number of fused-ring (bicyclic) bond motifs is 1. The lowest BCUT2D eigenvalue weighted by Gasteiger charge is -2.27. The summed E-state index contributed by atoms with van der Waals surface area (Å²) in [4.78, 5) is 26.3. The SMILES string of the molecule is CCCCc1c(Cc2ccc(-c3ccccc3-c3nn[nH]n3)cc2)c(=O)n2n1C(C(=O)OC)C=CC2C. The summed E-state index contributed by atoms with van der Waals surface area (Å²) in [6, 6.07) is 15.3. The van der Waals surface area contributed by atoms with Gasteiger partial charge in [0.25, 0.3) is 5.56 Å². The molecule has 0 spiro atoms. The van der Waals surface area contributed by atoms with Crippen LogP contribution in [0.2, 0.25) is 0 Å². The van der Waals surface area contributed by atoms with Gasteiger partial charge in [0.05, 0.1) is 13.2 Å². The minimum absolute atomic E-state index is 0.0524. The third-order valence-corrected chi connectivity index (χ3v) is 6.91. The highest BCUT2D eigenvalue weighted by Gasteiger charge is 2.32. The fourth-order valence-corrected chi connectivity index (χ4v) is 5.04. The Morgan fingerprint density at radius 2 is 1.81 bits per heavy atom. The maximum atomic E-state index is 13.7. The van der Waals surface area contributed by atoms with E-state index >= 15 is 0 Å². The standard InChI is InChI=1S/C28H30N6O3/c1-4-5-10-24-23(27(35)33-18(2)11-16-25(34(24)33)28(36)37-3)17-19-12-14-20(15-13-19)21-8-6-7-9-22(21)26-29-31-32-30-26/h6-9,11-16,18,25H,4-5,10,17H2,1-3H3,(H,29,30,31,32).